The van der Waals surface area contributed by atoms with Crippen LogP contribution in [-0.4, -0.2) is 17.0 Å². The quantitative estimate of drug-likeness (QED) is 0.412. The van der Waals surface area contributed by atoms with E-state index in [1.807, 2.05) is 6.07 Å². The number of aliphatic hydroxyl groups excluding tert-OH is 1. The van der Waals surface area contributed by atoms with Crippen LogP contribution in [-0.2, 0) is 16.1 Å². The zero-order valence-corrected chi connectivity index (χ0v) is 14.6. The zero-order valence-electron chi connectivity index (χ0n) is 13.8. The van der Waals surface area contributed by atoms with Crippen molar-refractivity contribution < 1.29 is 27.8 Å². The Morgan fingerprint density at radius 1 is 1.12 bits per heavy atom. The summed E-state index contributed by atoms with van der Waals surface area (Å²) in [6.07, 6.45) is -1.01. The molecule has 0 aliphatic carbocycles. The van der Waals surface area contributed by atoms with E-state index in [1.54, 1.807) is 24.3 Å². The molecule has 2 rings (SSSR count). The van der Waals surface area contributed by atoms with Crippen molar-refractivity contribution in [1.82, 2.24) is 0 Å². The SMILES string of the molecule is O=C(OCc1ccccc1)C(CCCCl)C(O)c1cc(F)c(F)c(F)c1. The van der Waals surface area contributed by atoms with E-state index in [4.69, 9.17) is 16.3 Å². The molecular formula is C19H18ClF3O3. The van der Waals surface area contributed by atoms with Gasteiger partial charge in [-0.25, -0.2) is 13.2 Å². The number of benzene rings is 2. The van der Waals surface area contributed by atoms with Crippen molar-refractivity contribution in [3.63, 3.8) is 0 Å². The third-order valence-electron chi connectivity index (χ3n) is 3.90. The van der Waals surface area contributed by atoms with Gasteiger partial charge in [-0.15, -0.1) is 11.6 Å². The van der Waals surface area contributed by atoms with E-state index in [-0.39, 0.29) is 24.5 Å². The van der Waals surface area contributed by atoms with E-state index in [0.717, 1.165) is 5.56 Å². The fourth-order valence-corrected chi connectivity index (χ4v) is 2.67. The summed E-state index contributed by atoms with van der Waals surface area (Å²) in [6.45, 7) is -0.00406. The van der Waals surface area contributed by atoms with Crippen LogP contribution < -0.4 is 0 Å². The molecule has 0 aliphatic heterocycles. The standard InChI is InChI=1S/C19H18ClF3O3/c20-8-4-7-14(19(25)26-11-12-5-2-1-3-6-12)18(24)13-9-15(21)17(23)16(22)10-13/h1-3,5-6,9-10,14,18,24H,4,7-8,11H2. The largest absolute Gasteiger partial charge is 0.461 e. The number of esters is 1. The number of carbonyl (C=O) groups is 1. The Morgan fingerprint density at radius 2 is 1.73 bits per heavy atom. The number of alkyl halides is 1. The average molecular weight is 387 g/mol. The van der Waals surface area contributed by atoms with Gasteiger partial charge >= 0.3 is 5.97 Å². The Bertz CT molecular complexity index is 717. The molecule has 2 atom stereocenters. The van der Waals surface area contributed by atoms with Crippen LogP contribution in [0.2, 0.25) is 0 Å². The monoisotopic (exact) mass is 386 g/mol. The van der Waals surface area contributed by atoms with Gasteiger partial charge in [0.2, 0.25) is 0 Å². The summed E-state index contributed by atoms with van der Waals surface area (Å²) in [7, 11) is 0. The molecule has 3 nitrogen and oxygen atoms in total. The molecule has 0 amide bonds. The highest BCUT2D eigenvalue weighted by Crippen LogP contribution is 2.29. The van der Waals surface area contributed by atoms with Gasteiger partial charge in [-0.1, -0.05) is 30.3 Å². The lowest BCUT2D eigenvalue weighted by molar-refractivity contribution is -0.154. The van der Waals surface area contributed by atoms with Gasteiger partial charge in [0.15, 0.2) is 17.5 Å². The van der Waals surface area contributed by atoms with Crippen molar-refractivity contribution in [3.8, 4) is 0 Å². The second-order valence-corrected chi connectivity index (χ2v) is 6.15. The fraction of sp³-hybridized carbons (Fsp3) is 0.316. The van der Waals surface area contributed by atoms with E-state index in [1.165, 1.54) is 0 Å². The van der Waals surface area contributed by atoms with Crippen molar-refractivity contribution in [3.05, 3.63) is 71.0 Å². The van der Waals surface area contributed by atoms with Crippen molar-refractivity contribution in [2.24, 2.45) is 5.92 Å². The van der Waals surface area contributed by atoms with Crippen molar-refractivity contribution in [1.29, 1.82) is 0 Å². The van der Waals surface area contributed by atoms with Crippen LogP contribution >= 0.6 is 11.6 Å². The normalized spacial score (nSPS) is 13.3. The van der Waals surface area contributed by atoms with E-state index >= 15 is 0 Å². The summed E-state index contributed by atoms with van der Waals surface area (Å²) in [4.78, 5) is 12.4. The molecule has 2 aromatic carbocycles. The van der Waals surface area contributed by atoms with Crippen LogP contribution in [0, 0.1) is 23.4 Å². The predicted octanol–water partition coefficient (Wildman–Crippen LogP) is 4.52. The van der Waals surface area contributed by atoms with Gasteiger partial charge in [0.05, 0.1) is 12.0 Å². The summed E-state index contributed by atoms with van der Waals surface area (Å²) in [5.74, 6) is -6.08. The molecule has 0 radical (unpaired) electrons. The van der Waals surface area contributed by atoms with Gasteiger partial charge in [-0.3, -0.25) is 4.79 Å². The molecule has 0 aromatic heterocycles. The predicted molar refractivity (Wildman–Crippen MR) is 91.0 cm³/mol. The molecule has 0 aliphatic rings. The van der Waals surface area contributed by atoms with E-state index in [0.29, 0.717) is 18.6 Å². The molecule has 0 heterocycles. The molecule has 1 N–H and O–H groups in total. The lowest BCUT2D eigenvalue weighted by Crippen LogP contribution is -2.25. The average Bonchev–Trinajstić information content (AvgIpc) is 2.65. The molecule has 0 saturated carbocycles. The van der Waals surface area contributed by atoms with Crippen LogP contribution in [0.3, 0.4) is 0 Å². The molecule has 2 unspecified atom stereocenters. The minimum Gasteiger partial charge on any atom is -0.461 e. The summed E-state index contributed by atoms with van der Waals surface area (Å²) in [5.41, 5.74) is 0.517. The topological polar surface area (TPSA) is 46.5 Å². The molecule has 0 spiro atoms. The Kier molecular flexibility index (Phi) is 7.48. The second-order valence-electron chi connectivity index (χ2n) is 5.77. The number of hydrogen-bond acceptors (Lipinski definition) is 3. The third-order valence-corrected chi connectivity index (χ3v) is 4.17. The highest BCUT2D eigenvalue weighted by Gasteiger charge is 2.30. The molecule has 0 bridgehead atoms. The lowest BCUT2D eigenvalue weighted by atomic mass is 9.91. The summed E-state index contributed by atoms with van der Waals surface area (Å²) in [5, 5.41) is 10.4. The first kappa shape index (κ1) is 20.3. The first-order valence-electron chi connectivity index (χ1n) is 8.03. The minimum absolute atomic E-state index is 0.00406. The fourth-order valence-electron chi connectivity index (χ4n) is 2.52. The first-order valence-corrected chi connectivity index (χ1v) is 8.56. The second kappa shape index (κ2) is 9.59. The third kappa shape index (κ3) is 5.22. The lowest BCUT2D eigenvalue weighted by Gasteiger charge is -2.22. The number of halogens is 4. The van der Waals surface area contributed by atoms with Crippen LogP contribution in [0.25, 0.3) is 0 Å². The molecule has 7 heteroatoms. The minimum atomic E-state index is -1.63. The summed E-state index contributed by atoms with van der Waals surface area (Å²) in [6, 6.07) is 10.3. The van der Waals surface area contributed by atoms with Crippen molar-refractivity contribution >= 4 is 17.6 Å². The number of carbonyl (C=O) groups excluding carboxylic acids is 1. The Balaban J connectivity index is 2.15. The van der Waals surface area contributed by atoms with Crippen LogP contribution in [0.5, 0.6) is 0 Å². The highest BCUT2D eigenvalue weighted by molar-refractivity contribution is 6.17. The Morgan fingerprint density at radius 3 is 2.31 bits per heavy atom. The van der Waals surface area contributed by atoms with Gasteiger partial charge in [0, 0.05) is 5.88 Å². The van der Waals surface area contributed by atoms with Crippen molar-refractivity contribution in [2.45, 2.75) is 25.6 Å². The van der Waals surface area contributed by atoms with Gasteiger partial charge in [0.25, 0.3) is 0 Å². The molecule has 0 saturated heterocycles. The smallest absolute Gasteiger partial charge is 0.312 e. The Labute approximate surface area is 154 Å². The van der Waals surface area contributed by atoms with Gasteiger partial charge in [0.1, 0.15) is 6.61 Å². The number of rotatable bonds is 8. The highest BCUT2D eigenvalue weighted by atomic mass is 35.5. The van der Waals surface area contributed by atoms with Crippen LogP contribution in [0.1, 0.15) is 30.1 Å². The number of ether oxygens (including phenoxy) is 1. The van der Waals surface area contributed by atoms with E-state index < -0.39 is 35.4 Å². The van der Waals surface area contributed by atoms with E-state index in [2.05, 4.69) is 0 Å². The van der Waals surface area contributed by atoms with Crippen LogP contribution in [0.4, 0.5) is 13.2 Å². The summed E-state index contributed by atoms with van der Waals surface area (Å²) < 4.78 is 45.2. The van der Waals surface area contributed by atoms with Gasteiger partial charge in [-0.05, 0) is 36.1 Å². The maximum absolute atomic E-state index is 13.4. The summed E-state index contributed by atoms with van der Waals surface area (Å²) >= 11 is 5.64. The molecule has 0 fully saturated rings. The number of hydrogen-bond donors (Lipinski definition) is 1. The zero-order chi connectivity index (χ0) is 19.1. The number of aliphatic hydroxyl groups is 1. The maximum Gasteiger partial charge on any atom is 0.312 e. The molecular weight excluding hydrogens is 369 g/mol. The van der Waals surface area contributed by atoms with Gasteiger partial charge in [-0.2, -0.15) is 0 Å². The van der Waals surface area contributed by atoms with Gasteiger partial charge < -0.3 is 9.84 Å². The first-order chi connectivity index (χ1) is 12.4. The molecule has 140 valence electrons. The maximum atomic E-state index is 13.4. The molecule has 2 aromatic rings. The molecule has 26 heavy (non-hydrogen) atoms. The Hall–Kier alpha value is -2.05. The van der Waals surface area contributed by atoms with E-state index in [9.17, 15) is 23.1 Å². The van der Waals surface area contributed by atoms with Crippen molar-refractivity contribution in [2.75, 3.05) is 5.88 Å². The van der Waals surface area contributed by atoms with Crippen LogP contribution in [0.15, 0.2) is 42.5 Å².